The molecule has 0 aliphatic carbocycles. The number of ether oxygens (including phenoxy) is 1. The van der Waals surface area contributed by atoms with E-state index in [1.807, 2.05) is 6.92 Å². The van der Waals surface area contributed by atoms with Gasteiger partial charge in [0.25, 0.3) is 5.91 Å². The van der Waals surface area contributed by atoms with Crippen molar-refractivity contribution in [2.75, 3.05) is 12.4 Å². The van der Waals surface area contributed by atoms with Gasteiger partial charge in [-0.3, -0.25) is 9.48 Å². The highest BCUT2D eigenvalue weighted by Gasteiger charge is 2.22. The Morgan fingerprint density at radius 1 is 1.38 bits per heavy atom. The summed E-state index contributed by atoms with van der Waals surface area (Å²) >= 11 is 0. The molecular formula is C14H15N3O4. The number of hydrogen-bond acceptors (Lipinski definition) is 4. The Morgan fingerprint density at radius 2 is 2.10 bits per heavy atom. The highest BCUT2D eigenvalue weighted by molar-refractivity contribution is 6.09. The highest BCUT2D eigenvalue weighted by Crippen LogP contribution is 2.22. The molecule has 2 rings (SSSR count). The van der Waals surface area contributed by atoms with Crippen LogP contribution in [0.1, 0.15) is 26.4 Å². The zero-order valence-corrected chi connectivity index (χ0v) is 11.9. The first kappa shape index (κ1) is 14.6. The normalized spacial score (nSPS) is 10.2. The Bertz CT molecular complexity index is 706. The van der Waals surface area contributed by atoms with Gasteiger partial charge in [-0.05, 0) is 30.7 Å². The van der Waals surface area contributed by atoms with Gasteiger partial charge in [0.15, 0.2) is 0 Å². The van der Waals surface area contributed by atoms with Crippen molar-refractivity contribution in [2.24, 2.45) is 7.05 Å². The molecular weight excluding hydrogens is 274 g/mol. The summed E-state index contributed by atoms with van der Waals surface area (Å²) in [6, 6.07) is 5.18. The van der Waals surface area contributed by atoms with Crippen molar-refractivity contribution in [3.8, 4) is 5.75 Å². The smallest absolute Gasteiger partial charge is 0.339 e. The molecule has 2 N–H and O–H groups in total. The van der Waals surface area contributed by atoms with Crippen molar-refractivity contribution in [1.82, 2.24) is 9.78 Å². The van der Waals surface area contributed by atoms with Crippen LogP contribution in [0.3, 0.4) is 0 Å². The lowest BCUT2D eigenvalue weighted by atomic mass is 10.1. The number of anilines is 1. The van der Waals surface area contributed by atoms with Crippen molar-refractivity contribution >= 4 is 17.6 Å². The van der Waals surface area contributed by atoms with E-state index in [0.29, 0.717) is 11.4 Å². The monoisotopic (exact) mass is 289 g/mol. The molecule has 0 saturated heterocycles. The van der Waals surface area contributed by atoms with Crippen molar-refractivity contribution in [3.05, 3.63) is 41.2 Å². The zero-order valence-electron chi connectivity index (χ0n) is 11.9. The molecule has 0 aliphatic heterocycles. The molecule has 0 fully saturated rings. The van der Waals surface area contributed by atoms with Crippen LogP contribution in [0, 0.1) is 6.92 Å². The average molecular weight is 289 g/mol. The predicted molar refractivity (Wildman–Crippen MR) is 75.9 cm³/mol. The van der Waals surface area contributed by atoms with Gasteiger partial charge in [-0.2, -0.15) is 5.10 Å². The Balaban J connectivity index is 2.30. The maximum absolute atomic E-state index is 12.3. The number of aromatic nitrogens is 2. The number of methoxy groups -OCH3 is 1. The minimum absolute atomic E-state index is 0.00211. The fourth-order valence-corrected chi connectivity index (χ4v) is 1.95. The second kappa shape index (κ2) is 5.66. The summed E-state index contributed by atoms with van der Waals surface area (Å²) in [5.41, 5.74) is 1.25. The third-order valence-electron chi connectivity index (χ3n) is 3.07. The summed E-state index contributed by atoms with van der Waals surface area (Å²) in [7, 11) is 3.07. The SMILES string of the molecule is COc1ccc(NC(=O)c2c(C(=O)O)cnn2C)c(C)c1. The predicted octanol–water partition coefficient (Wildman–Crippen LogP) is 1.69. The Kier molecular flexibility index (Phi) is 3.93. The van der Waals surface area contributed by atoms with Gasteiger partial charge >= 0.3 is 5.97 Å². The number of rotatable bonds is 4. The van der Waals surface area contributed by atoms with Gasteiger partial charge in [0.1, 0.15) is 17.0 Å². The molecule has 7 nitrogen and oxygen atoms in total. The van der Waals surface area contributed by atoms with E-state index in [1.54, 1.807) is 25.3 Å². The summed E-state index contributed by atoms with van der Waals surface area (Å²) in [6.45, 7) is 1.82. The number of aromatic carboxylic acids is 1. The van der Waals surface area contributed by atoms with E-state index >= 15 is 0 Å². The molecule has 1 amide bonds. The molecule has 0 radical (unpaired) electrons. The first-order chi connectivity index (χ1) is 9.93. The maximum atomic E-state index is 12.3. The molecule has 0 spiro atoms. The Morgan fingerprint density at radius 3 is 2.67 bits per heavy atom. The van der Waals surface area contributed by atoms with Crippen molar-refractivity contribution in [1.29, 1.82) is 0 Å². The van der Waals surface area contributed by atoms with Gasteiger partial charge < -0.3 is 15.2 Å². The first-order valence-corrected chi connectivity index (χ1v) is 6.15. The van der Waals surface area contributed by atoms with E-state index in [-0.39, 0.29) is 11.3 Å². The summed E-state index contributed by atoms with van der Waals surface area (Å²) in [6.07, 6.45) is 1.15. The maximum Gasteiger partial charge on any atom is 0.339 e. The van der Waals surface area contributed by atoms with E-state index in [1.165, 1.54) is 11.7 Å². The van der Waals surface area contributed by atoms with Crippen LogP contribution >= 0.6 is 0 Å². The number of carboxylic acids is 1. The summed E-state index contributed by atoms with van der Waals surface area (Å²) in [4.78, 5) is 23.4. The number of amides is 1. The van der Waals surface area contributed by atoms with Crippen LogP contribution < -0.4 is 10.1 Å². The molecule has 1 aromatic carbocycles. The minimum Gasteiger partial charge on any atom is -0.497 e. The lowest BCUT2D eigenvalue weighted by molar-refractivity contribution is 0.0692. The zero-order chi connectivity index (χ0) is 15.6. The number of carbonyl (C=O) groups excluding carboxylic acids is 1. The molecule has 2 aromatic rings. The number of carboxylic acid groups (broad SMARTS) is 1. The summed E-state index contributed by atoms with van der Waals surface area (Å²) in [5, 5.41) is 15.6. The van der Waals surface area contributed by atoms with E-state index in [9.17, 15) is 9.59 Å². The molecule has 0 saturated carbocycles. The van der Waals surface area contributed by atoms with E-state index in [2.05, 4.69) is 10.4 Å². The van der Waals surface area contributed by atoms with Crippen molar-refractivity contribution < 1.29 is 19.4 Å². The summed E-state index contributed by atoms with van der Waals surface area (Å²) < 4.78 is 6.33. The van der Waals surface area contributed by atoms with E-state index in [0.717, 1.165) is 11.8 Å². The quantitative estimate of drug-likeness (QED) is 0.893. The molecule has 110 valence electrons. The summed E-state index contributed by atoms with van der Waals surface area (Å²) in [5.74, 6) is -1.04. The molecule has 7 heteroatoms. The third kappa shape index (κ3) is 2.86. The van der Waals surface area contributed by atoms with Crippen LogP contribution in [0.2, 0.25) is 0 Å². The number of carbonyl (C=O) groups is 2. The standard InChI is InChI=1S/C14H15N3O4/c1-8-6-9(21-3)4-5-11(8)16-13(18)12-10(14(19)20)7-15-17(12)2/h4-7H,1-3H3,(H,16,18)(H,19,20). The molecule has 0 unspecified atom stereocenters. The van der Waals surface area contributed by atoms with Crippen LogP contribution in [0.5, 0.6) is 5.75 Å². The number of aryl methyl sites for hydroxylation is 2. The van der Waals surface area contributed by atoms with Crippen LogP contribution in [0.15, 0.2) is 24.4 Å². The van der Waals surface area contributed by atoms with E-state index in [4.69, 9.17) is 9.84 Å². The van der Waals surface area contributed by atoms with Crippen molar-refractivity contribution in [2.45, 2.75) is 6.92 Å². The molecule has 0 bridgehead atoms. The van der Waals surface area contributed by atoms with Crippen molar-refractivity contribution in [3.63, 3.8) is 0 Å². The van der Waals surface area contributed by atoms with Crippen LogP contribution in [0.25, 0.3) is 0 Å². The van der Waals surface area contributed by atoms with Gasteiger partial charge in [-0.1, -0.05) is 0 Å². The van der Waals surface area contributed by atoms with Crippen LogP contribution in [-0.2, 0) is 7.05 Å². The lowest BCUT2D eigenvalue weighted by Gasteiger charge is -2.10. The second-order valence-electron chi connectivity index (χ2n) is 4.47. The van der Waals surface area contributed by atoms with Gasteiger partial charge in [0.05, 0.1) is 13.3 Å². The first-order valence-electron chi connectivity index (χ1n) is 6.15. The van der Waals surface area contributed by atoms with Gasteiger partial charge in [-0.15, -0.1) is 0 Å². The number of hydrogen-bond donors (Lipinski definition) is 2. The average Bonchev–Trinajstić information content (AvgIpc) is 2.83. The molecule has 0 aliphatic rings. The minimum atomic E-state index is -1.19. The largest absolute Gasteiger partial charge is 0.497 e. The van der Waals surface area contributed by atoms with Crippen LogP contribution in [-0.4, -0.2) is 33.9 Å². The molecule has 0 atom stereocenters. The van der Waals surface area contributed by atoms with Crippen LogP contribution in [0.4, 0.5) is 5.69 Å². The Hall–Kier alpha value is -2.83. The van der Waals surface area contributed by atoms with Gasteiger partial charge in [-0.25, -0.2) is 4.79 Å². The van der Waals surface area contributed by atoms with E-state index < -0.39 is 11.9 Å². The second-order valence-corrected chi connectivity index (χ2v) is 4.47. The van der Waals surface area contributed by atoms with Gasteiger partial charge in [0.2, 0.25) is 0 Å². The fraction of sp³-hybridized carbons (Fsp3) is 0.214. The highest BCUT2D eigenvalue weighted by atomic mass is 16.5. The topological polar surface area (TPSA) is 93.4 Å². The molecule has 1 aromatic heterocycles. The number of nitrogens with zero attached hydrogens (tertiary/aromatic N) is 2. The lowest BCUT2D eigenvalue weighted by Crippen LogP contribution is -2.19. The molecule has 21 heavy (non-hydrogen) atoms. The third-order valence-corrected chi connectivity index (χ3v) is 3.07. The van der Waals surface area contributed by atoms with Gasteiger partial charge in [0, 0.05) is 12.7 Å². The Labute approximate surface area is 121 Å². The fourth-order valence-electron chi connectivity index (χ4n) is 1.95. The number of nitrogens with one attached hydrogen (secondary N) is 1. The number of benzene rings is 1. The molecule has 1 heterocycles.